The standard InChI is InChI=1S/C27H25P/c1-21(2)24-17-9-10-18-25(24)26-19-11-12-20-27(26)28(22-13-5-3-6-14-22)23-15-7-4-8-16-23/h3-21H,1-2H3. The summed E-state index contributed by atoms with van der Waals surface area (Å²) >= 11 is 0. The second kappa shape index (κ2) is 8.55. The third-order valence-electron chi connectivity index (χ3n) is 5.05. The van der Waals surface area contributed by atoms with Crippen LogP contribution in [-0.4, -0.2) is 0 Å². The van der Waals surface area contributed by atoms with Crippen LogP contribution in [0.3, 0.4) is 0 Å². The lowest BCUT2D eigenvalue weighted by Gasteiger charge is -2.24. The zero-order valence-electron chi connectivity index (χ0n) is 16.4. The van der Waals surface area contributed by atoms with Crippen LogP contribution in [0.2, 0.25) is 0 Å². The minimum absolute atomic E-state index is 0.490. The molecule has 0 radical (unpaired) electrons. The Hall–Kier alpha value is -2.69. The molecule has 4 aromatic carbocycles. The molecule has 0 aromatic heterocycles. The molecule has 0 atom stereocenters. The summed E-state index contributed by atoms with van der Waals surface area (Å²) in [4.78, 5) is 0. The predicted octanol–water partition coefficient (Wildman–Crippen LogP) is 6.24. The van der Waals surface area contributed by atoms with Crippen LogP contribution in [0.5, 0.6) is 0 Å². The van der Waals surface area contributed by atoms with Crippen LogP contribution >= 0.6 is 7.92 Å². The minimum atomic E-state index is -0.622. The van der Waals surface area contributed by atoms with Crippen LogP contribution < -0.4 is 15.9 Å². The van der Waals surface area contributed by atoms with E-state index in [1.54, 1.807) is 0 Å². The van der Waals surface area contributed by atoms with E-state index in [0.29, 0.717) is 5.92 Å². The fraction of sp³-hybridized carbons (Fsp3) is 0.111. The van der Waals surface area contributed by atoms with Crippen LogP contribution in [0, 0.1) is 0 Å². The van der Waals surface area contributed by atoms with Gasteiger partial charge < -0.3 is 0 Å². The number of rotatable bonds is 5. The van der Waals surface area contributed by atoms with E-state index in [1.807, 2.05) is 0 Å². The van der Waals surface area contributed by atoms with Crippen molar-refractivity contribution in [3.8, 4) is 11.1 Å². The van der Waals surface area contributed by atoms with E-state index in [-0.39, 0.29) is 0 Å². The average molecular weight is 380 g/mol. The highest BCUT2D eigenvalue weighted by molar-refractivity contribution is 7.80. The molecule has 0 amide bonds. The van der Waals surface area contributed by atoms with E-state index in [0.717, 1.165) is 0 Å². The summed E-state index contributed by atoms with van der Waals surface area (Å²) in [6, 6.07) is 39.7. The van der Waals surface area contributed by atoms with Crippen molar-refractivity contribution in [3.63, 3.8) is 0 Å². The number of hydrogen-bond acceptors (Lipinski definition) is 0. The zero-order chi connectivity index (χ0) is 19.3. The second-order valence-electron chi connectivity index (χ2n) is 7.27. The van der Waals surface area contributed by atoms with Gasteiger partial charge in [0.25, 0.3) is 0 Å². The Balaban J connectivity index is 1.95. The molecule has 0 N–H and O–H groups in total. The Morgan fingerprint density at radius 2 is 0.964 bits per heavy atom. The average Bonchev–Trinajstić information content (AvgIpc) is 2.76. The van der Waals surface area contributed by atoms with Crippen molar-refractivity contribution in [2.75, 3.05) is 0 Å². The zero-order valence-corrected chi connectivity index (χ0v) is 17.3. The molecule has 0 saturated heterocycles. The van der Waals surface area contributed by atoms with Crippen LogP contribution in [0.4, 0.5) is 0 Å². The molecule has 0 aliphatic rings. The van der Waals surface area contributed by atoms with E-state index < -0.39 is 7.92 Å². The van der Waals surface area contributed by atoms with Crippen molar-refractivity contribution >= 4 is 23.8 Å². The van der Waals surface area contributed by atoms with Gasteiger partial charge in [-0.15, -0.1) is 0 Å². The first-order valence-electron chi connectivity index (χ1n) is 9.84. The van der Waals surface area contributed by atoms with Gasteiger partial charge in [-0.05, 0) is 46.4 Å². The first-order valence-corrected chi connectivity index (χ1v) is 11.2. The molecule has 4 rings (SSSR count). The molecule has 0 bridgehead atoms. The molecule has 0 fully saturated rings. The van der Waals surface area contributed by atoms with Gasteiger partial charge in [-0.3, -0.25) is 0 Å². The molecular weight excluding hydrogens is 355 g/mol. The van der Waals surface area contributed by atoms with Crippen molar-refractivity contribution in [1.82, 2.24) is 0 Å². The van der Waals surface area contributed by atoms with Crippen LogP contribution in [-0.2, 0) is 0 Å². The normalized spacial score (nSPS) is 11.1. The van der Waals surface area contributed by atoms with E-state index in [1.165, 1.54) is 32.6 Å². The molecule has 1 heteroatoms. The summed E-state index contributed by atoms with van der Waals surface area (Å²) in [5.74, 6) is 0.490. The maximum atomic E-state index is 2.32. The SMILES string of the molecule is CC(C)c1ccccc1-c1ccccc1P(c1ccccc1)c1ccccc1. The molecule has 0 saturated carbocycles. The summed E-state index contributed by atoms with van der Waals surface area (Å²) in [6.07, 6.45) is 0. The number of benzene rings is 4. The van der Waals surface area contributed by atoms with Crippen LogP contribution in [0.15, 0.2) is 109 Å². The molecule has 4 aromatic rings. The monoisotopic (exact) mass is 380 g/mol. The maximum Gasteiger partial charge on any atom is -0.00725 e. The topological polar surface area (TPSA) is 0 Å². The smallest absolute Gasteiger partial charge is 0.00725 e. The van der Waals surface area contributed by atoms with Crippen LogP contribution in [0.1, 0.15) is 25.3 Å². The molecule has 0 nitrogen and oxygen atoms in total. The van der Waals surface area contributed by atoms with E-state index in [2.05, 4.69) is 123 Å². The van der Waals surface area contributed by atoms with E-state index >= 15 is 0 Å². The van der Waals surface area contributed by atoms with E-state index in [4.69, 9.17) is 0 Å². The third-order valence-corrected chi connectivity index (χ3v) is 7.55. The summed E-state index contributed by atoms with van der Waals surface area (Å²) in [7, 11) is -0.622. The van der Waals surface area contributed by atoms with Gasteiger partial charge in [0.05, 0.1) is 0 Å². The number of hydrogen-bond donors (Lipinski definition) is 0. The Morgan fingerprint density at radius 1 is 0.500 bits per heavy atom. The summed E-state index contributed by atoms with van der Waals surface area (Å²) in [5, 5.41) is 4.19. The van der Waals surface area contributed by atoms with Gasteiger partial charge in [-0.2, -0.15) is 0 Å². The molecule has 0 unspecified atom stereocenters. The highest BCUT2D eigenvalue weighted by Gasteiger charge is 2.21. The second-order valence-corrected chi connectivity index (χ2v) is 9.45. The summed E-state index contributed by atoms with van der Waals surface area (Å²) in [5.41, 5.74) is 4.11. The van der Waals surface area contributed by atoms with Crippen molar-refractivity contribution in [3.05, 3.63) is 115 Å². The van der Waals surface area contributed by atoms with Gasteiger partial charge in [-0.25, -0.2) is 0 Å². The maximum absolute atomic E-state index is 2.32. The van der Waals surface area contributed by atoms with Crippen molar-refractivity contribution < 1.29 is 0 Å². The Kier molecular flexibility index (Phi) is 5.70. The Labute approximate surface area is 169 Å². The first-order chi connectivity index (χ1) is 13.8. The third kappa shape index (κ3) is 3.79. The lowest BCUT2D eigenvalue weighted by molar-refractivity contribution is 0.869. The molecule has 28 heavy (non-hydrogen) atoms. The first kappa shape index (κ1) is 18.7. The lowest BCUT2D eigenvalue weighted by Crippen LogP contribution is -2.22. The van der Waals surface area contributed by atoms with Gasteiger partial charge >= 0.3 is 0 Å². The van der Waals surface area contributed by atoms with Gasteiger partial charge in [-0.1, -0.05) is 123 Å². The van der Waals surface area contributed by atoms with Gasteiger partial charge in [0.2, 0.25) is 0 Å². The van der Waals surface area contributed by atoms with E-state index in [9.17, 15) is 0 Å². The molecular formula is C27H25P. The van der Waals surface area contributed by atoms with Crippen molar-refractivity contribution in [2.45, 2.75) is 19.8 Å². The molecule has 0 aliphatic carbocycles. The van der Waals surface area contributed by atoms with Crippen molar-refractivity contribution in [1.29, 1.82) is 0 Å². The predicted molar refractivity (Wildman–Crippen MR) is 125 cm³/mol. The molecule has 0 heterocycles. The Bertz CT molecular complexity index is 996. The largest absolute Gasteiger partial charge is 0.0622 e. The fourth-order valence-corrected chi connectivity index (χ4v) is 6.19. The Morgan fingerprint density at radius 3 is 1.54 bits per heavy atom. The quantitative estimate of drug-likeness (QED) is 0.360. The van der Waals surface area contributed by atoms with Gasteiger partial charge in [0.15, 0.2) is 0 Å². The van der Waals surface area contributed by atoms with Gasteiger partial charge in [0.1, 0.15) is 0 Å². The molecule has 138 valence electrons. The minimum Gasteiger partial charge on any atom is -0.0622 e. The van der Waals surface area contributed by atoms with Gasteiger partial charge in [0, 0.05) is 0 Å². The molecule has 0 spiro atoms. The fourth-order valence-electron chi connectivity index (χ4n) is 3.72. The van der Waals surface area contributed by atoms with Crippen molar-refractivity contribution in [2.24, 2.45) is 0 Å². The summed E-state index contributed by atoms with van der Waals surface area (Å²) < 4.78 is 0. The highest BCUT2D eigenvalue weighted by atomic mass is 31.1. The van der Waals surface area contributed by atoms with Crippen LogP contribution in [0.25, 0.3) is 11.1 Å². The lowest BCUT2D eigenvalue weighted by atomic mass is 9.93. The highest BCUT2D eigenvalue weighted by Crippen LogP contribution is 2.38. The molecule has 0 aliphatic heterocycles. The summed E-state index contributed by atoms with van der Waals surface area (Å²) in [6.45, 7) is 4.55.